The SMILES string of the molecule is [O-][n+]1ccc(CC(c2ccc(Oc3ccc(C(F)(F)F)cc3)nc2)c2ccc(OC(F)F)c(OC(F)F)c2)cc1. The first-order chi connectivity index (χ1) is 19.0. The van der Waals surface area contributed by atoms with Crippen LogP contribution in [0.3, 0.4) is 0 Å². The molecule has 0 radical (unpaired) electrons. The Kier molecular flexibility index (Phi) is 8.61. The van der Waals surface area contributed by atoms with Crippen LogP contribution in [0.25, 0.3) is 0 Å². The summed E-state index contributed by atoms with van der Waals surface area (Å²) >= 11 is 0. The molecule has 6 nitrogen and oxygen atoms in total. The van der Waals surface area contributed by atoms with Crippen LogP contribution in [0.1, 0.15) is 28.2 Å². The van der Waals surface area contributed by atoms with E-state index < -0.39 is 42.4 Å². The van der Waals surface area contributed by atoms with Crippen LogP contribution in [0.5, 0.6) is 23.1 Å². The molecule has 0 N–H and O–H groups in total. The summed E-state index contributed by atoms with van der Waals surface area (Å²) in [6.07, 6.45) is -0.292. The Hall–Kier alpha value is -4.55. The molecule has 2 aromatic carbocycles. The quantitative estimate of drug-likeness (QED) is 0.116. The van der Waals surface area contributed by atoms with Crippen LogP contribution in [0.4, 0.5) is 30.7 Å². The number of hydrogen-bond donors (Lipinski definition) is 0. The maximum atomic E-state index is 13.0. The molecule has 0 aliphatic heterocycles. The normalized spacial score (nSPS) is 12.4. The maximum absolute atomic E-state index is 13.0. The lowest BCUT2D eigenvalue weighted by Gasteiger charge is -2.20. The highest BCUT2D eigenvalue weighted by molar-refractivity contribution is 5.47. The van der Waals surface area contributed by atoms with Crippen LogP contribution < -0.4 is 18.9 Å². The molecule has 0 saturated heterocycles. The van der Waals surface area contributed by atoms with Gasteiger partial charge in [0.15, 0.2) is 23.9 Å². The molecule has 210 valence electrons. The number of ether oxygens (including phenoxy) is 3. The standard InChI is InChI=1S/C27H19F7N2O4/c28-25(29)39-22-7-1-17(14-23(22)40-26(30)31)21(13-16-9-11-36(37)12-10-16)18-2-8-24(35-15-18)38-20-5-3-19(4-6-20)27(32,33)34/h1-12,14-15,21,25-26H,13H2. The molecule has 0 aliphatic rings. The topological polar surface area (TPSA) is 67.5 Å². The fourth-order valence-electron chi connectivity index (χ4n) is 3.86. The second-order valence-electron chi connectivity index (χ2n) is 8.34. The molecule has 4 rings (SSSR count). The highest BCUT2D eigenvalue weighted by atomic mass is 19.4. The fourth-order valence-corrected chi connectivity index (χ4v) is 3.86. The summed E-state index contributed by atoms with van der Waals surface area (Å²) in [7, 11) is 0. The van der Waals surface area contributed by atoms with Crippen LogP contribution in [-0.4, -0.2) is 18.2 Å². The van der Waals surface area contributed by atoms with Crippen molar-refractivity contribution in [3.05, 3.63) is 113 Å². The van der Waals surface area contributed by atoms with E-state index in [0.717, 1.165) is 36.4 Å². The largest absolute Gasteiger partial charge is 0.619 e. The zero-order valence-electron chi connectivity index (χ0n) is 20.2. The van der Waals surface area contributed by atoms with Gasteiger partial charge >= 0.3 is 19.4 Å². The van der Waals surface area contributed by atoms with E-state index in [1.54, 1.807) is 18.2 Å². The molecule has 0 aliphatic carbocycles. The van der Waals surface area contributed by atoms with Crippen LogP contribution in [0, 0.1) is 5.21 Å². The van der Waals surface area contributed by atoms with Gasteiger partial charge < -0.3 is 19.4 Å². The van der Waals surface area contributed by atoms with Gasteiger partial charge in [-0.25, -0.2) is 4.98 Å². The molecule has 0 saturated carbocycles. The average Bonchev–Trinajstić information content (AvgIpc) is 2.89. The van der Waals surface area contributed by atoms with Gasteiger partial charge in [0.05, 0.1) is 5.56 Å². The predicted octanol–water partition coefficient (Wildman–Crippen LogP) is 7.10. The molecular formula is C27H19F7N2O4. The Morgan fingerprint density at radius 2 is 1.40 bits per heavy atom. The summed E-state index contributed by atoms with van der Waals surface area (Å²) in [5.74, 6) is -1.59. The van der Waals surface area contributed by atoms with E-state index in [2.05, 4.69) is 14.5 Å². The van der Waals surface area contributed by atoms with Gasteiger partial charge in [-0.1, -0.05) is 12.1 Å². The van der Waals surface area contributed by atoms with Crippen molar-refractivity contribution in [1.82, 2.24) is 4.98 Å². The fraction of sp³-hybridized carbons (Fsp3) is 0.185. The summed E-state index contributed by atoms with van der Waals surface area (Å²) in [6.45, 7) is -6.58. The highest BCUT2D eigenvalue weighted by Crippen LogP contribution is 2.37. The number of halogens is 7. The van der Waals surface area contributed by atoms with Crippen LogP contribution in [0.2, 0.25) is 0 Å². The van der Waals surface area contributed by atoms with Crippen molar-refractivity contribution in [2.24, 2.45) is 0 Å². The Bertz CT molecular complexity index is 1400. The Labute approximate surface area is 222 Å². The Morgan fingerprint density at radius 3 is 1.98 bits per heavy atom. The van der Waals surface area contributed by atoms with Crippen molar-refractivity contribution in [1.29, 1.82) is 0 Å². The van der Waals surface area contributed by atoms with Crippen molar-refractivity contribution >= 4 is 0 Å². The number of rotatable bonds is 10. The monoisotopic (exact) mass is 568 g/mol. The molecule has 0 spiro atoms. The molecule has 1 unspecified atom stereocenters. The number of nitrogens with zero attached hydrogens (tertiary/aromatic N) is 2. The van der Waals surface area contributed by atoms with Gasteiger partial charge in [0, 0.05) is 30.3 Å². The molecule has 2 aromatic heterocycles. The van der Waals surface area contributed by atoms with E-state index in [1.807, 2.05) is 0 Å². The van der Waals surface area contributed by atoms with Crippen molar-refractivity contribution in [2.75, 3.05) is 0 Å². The molecule has 2 heterocycles. The van der Waals surface area contributed by atoms with Crippen molar-refractivity contribution in [3.63, 3.8) is 0 Å². The highest BCUT2D eigenvalue weighted by Gasteiger charge is 2.30. The van der Waals surface area contributed by atoms with E-state index in [9.17, 15) is 35.9 Å². The molecule has 0 bridgehead atoms. The molecule has 0 amide bonds. The molecule has 0 fully saturated rings. The molecule has 13 heteroatoms. The second-order valence-corrected chi connectivity index (χ2v) is 8.34. The lowest BCUT2D eigenvalue weighted by molar-refractivity contribution is -0.605. The zero-order valence-corrected chi connectivity index (χ0v) is 20.2. The number of alkyl halides is 7. The zero-order chi connectivity index (χ0) is 28.9. The van der Waals surface area contributed by atoms with Gasteiger partial charge in [0.1, 0.15) is 5.75 Å². The summed E-state index contributed by atoms with van der Waals surface area (Å²) in [6, 6.07) is 13.8. The van der Waals surface area contributed by atoms with Crippen LogP contribution >= 0.6 is 0 Å². The first kappa shape index (κ1) is 28.5. The lowest BCUT2D eigenvalue weighted by atomic mass is 9.87. The van der Waals surface area contributed by atoms with E-state index in [0.29, 0.717) is 21.4 Å². The van der Waals surface area contributed by atoms with Gasteiger partial charge in [0.25, 0.3) is 0 Å². The summed E-state index contributed by atoms with van der Waals surface area (Å²) in [5, 5.41) is 11.4. The molecule has 1 atom stereocenters. The Morgan fingerprint density at radius 1 is 0.775 bits per heavy atom. The van der Waals surface area contributed by atoms with Crippen molar-refractivity contribution < 1.29 is 49.7 Å². The van der Waals surface area contributed by atoms with Crippen LogP contribution in [0.15, 0.2) is 85.3 Å². The van der Waals surface area contributed by atoms with Gasteiger partial charge in [-0.2, -0.15) is 35.5 Å². The number of pyridine rings is 2. The van der Waals surface area contributed by atoms with Gasteiger partial charge in [0.2, 0.25) is 5.88 Å². The number of hydrogen-bond acceptors (Lipinski definition) is 5. The van der Waals surface area contributed by atoms with E-state index >= 15 is 0 Å². The summed E-state index contributed by atoms with van der Waals surface area (Å²) in [4.78, 5) is 4.20. The third kappa shape index (κ3) is 7.52. The minimum absolute atomic E-state index is 0.0665. The van der Waals surface area contributed by atoms with Gasteiger partial charge in [-0.15, -0.1) is 0 Å². The average molecular weight is 568 g/mol. The maximum Gasteiger partial charge on any atom is 0.416 e. The van der Waals surface area contributed by atoms with Gasteiger partial charge in [-0.3, -0.25) is 0 Å². The first-order valence-electron chi connectivity index (χ1n) is 11.5. The third-order valence-electron chi connectivity index (χ3n) is 5.68. The van der Waals surface area contributed by atoms with Gasteiger partial charge in [-0.05, 0) is 59.5 Å². The Balaban J connectivity index is 1.64. The third-order valence-corrected chi connectivity index (χ3v) is 5.68. The summed E-state index contributed by atoms with van der Waals surface area (Å²) < 4.78 is 105. The minimum Gasteiger partial charge on any atom is -0.619 e. The van der Waals surface area contributed by atoms with Crippen molar-refractivity contribution in [2.45, 2.75) is 31.7 Å². The van der Waals surface area contributed by atoms with E-state index in [1.165, 1.54) is 30.7 Å². The predicted molar refractivity (Wildman–Crippen MR) is 126 cm³/mol. The lowest BCUT2D eigenvalue weighted by Crippen LogP contribution is -2.24. The molecule has 4 aromatic rings. The first-order valence-corrected chi connectivity index (χ1v) is 11.5. The number of aromatic nitrogens is 2. The van der Waals surface area contributed by atoms with E-state index in [4.69, 9.17) is 4.74 Å². The van der Waals surface area contributed by atoms with Crippen LogP contribution in [-0.2, 0) is 12.6 Å². The number of benzene rings is 2. The minimum atomic E-state index is -4.50. The summed E-state index contributed by atoms with van der Waals surface area (Å²) in [5.41, 5.74) is 0.777. The molecular weight excluding hydrogens is 549 g/mol. The van der Waals surface area contributed by atoms with E-state index in [-0.39, 0.29) is 18.1 Å². The smallest absolute Gasteiger partial charge is 0.416 e. The molecule has 40 heavy (non-hydrogen) atoms. The second kappa shape index (κ2) is 12.1. The van der Waals surface area contributed by atoms with Crippen molar-refractivity contribution in [3.8, 4) is 23.1 Å².